The Bertz CT molecular complexity index is 754. The van der Waals surface area contributed by atoms with Crippen molar-refractivity contribution in [2.75, 3.05) is 0 Å². The zero-order valence-corrected chi connectivity index (χ0v) is 16.0. The molecule has 0 aromatic rings. The van der Waals surface area contributed by atoms with Crippen LogP contribution < -0.4 is 0 Å². The van der Waals surface area contributed by atoms with Crippen molar-refractivity contribution < 1.29 is 14.3 Å². The second-order valence-electron chi connectivity index (χ2n) is 9.27. The number of allylic oxidation sites excluding steroid dienone is 2. The van der Waals surface area contributed by atoms with Crippen molar-refractivity contribution >= 4 is 5.78 Å². The van der Waals surface area contributed by atoms with Gasteiger partial charge in [-0.3, -0.25) is 4.79 Å². The van der Waals surface area contributed by atoms with Gasteiger partial charge in [0.25, 0.3) is 0 Å². The smallest absolute Gasteiger partial charge is 0.155 e. The third-order valence-electron chi connectivity index (χ3n) is 8.10. The highest BCUT2D eigenvalue weighted by molar-refractivity contribution is 5.91. The number of aliphatic hydroxyl groups is 1. The summed E-state index contributed by atoms with van der Waals surface area (Å²) in [6.45, 7) is 6.14. The van der Waals surface area contributed by atoms with E-state index < -0.39 is 11.0 Å². The van der Waals surface area contributed by atoms with Crippen LogP contribution in [-0.4, -0.2) is 16.5 Å². The van der Waals surface area contributed by atoms with E-state index in [4.69, 9.17) is 0 Å². The summed E-state index contributed by atoms with van der Waals surface area (Å²) < 4.78 is 14.1. The maximum absolute atomic E-state index is 14.1. The SMILES string of the molecule is CC#C[C@]1(O)CC[C@H]2[C@H]3[C@H](/C(=C/F)C[C@@]21C)[C@H]1CCC(=O)C=C1C[C@H]3C. The van der Waals surface area contributed by atoms with Crippen LogP contribution in [0.1, 0.15) is 59.3 Å². The highest BCUT2D eigenvalue weighted by Crippen LogP contribution is 2.67. The lowest BCUT2D eigenvalue weighted by atomic mass is 9.47. The Kier molecular flexibility index (Phi) is 4.19. The monoisotopic (exact) mass is 356 g/mol. The Morgan fingerprint density at radius 2 is 2.15 bits per heavy atom. The molecule has 3 fully saturated rings. The van der Waals surface area contributed by atoms with E-state index >= 15 is 0 Å². The van der Waals surface area contributed by atoms with E-state index in [1.807, 2.05) is 6.08 Å². The lowest BCUT2D eigenvalue weighted by Gasteiger charge is -2.57. The number of carbonyl (C=O) groups is 1. The lowest BCUT2D eigenvalue weighted by Crippen LogP contribution is -2.54. The number of hydrogen-bond donors (Lipinski definition) is 1. The molecule has 0 radical (unpaired) electrons. The Balaban J connectivity index is 1.80. The van der Waals surface area contributed by atoms with Gasteiger partial charge in [-0.2, -0.15) is 0 Å². The van der Waals surface area contributed by atoms with Crippen molar-refractivity contribution in [2.24, 2.45) is 35.0 Å². The van der Waals surface area contributed by atoms with Crippen LogP contribution in [-0.2, 0) is 4.79 Å². The molecule has 0 heterocycles. The van der Waals surface area contributed by atoms with E-state index in [-0.39, 0.29) is 11.7 Å². The molecule has 4 rings (SSSR count). The van der Waals surface area contributed by atoms with Gasteiger partial charge >= 0.3 is 0 Å². The minimum atomic E-state index is -1.02. The van der Waals surface area contributed by atoms with Gasteiger partial charge in [0.1, 0.15) is 5.60 Å². The molecular weight excluding hydrogens is 327 g/mol. The Morgan fingerprint density at radius 1 is 1.38 bits per heavy atom. The molecule has 0 unspecified atom stereocenters. The molecule has 0 aromatic heterocycles. The average Bonchev–Trinajstić information content (AvgIpc) is 2.85. The zero-order valence-electron chi connectivity index (χ0n) is 16.0. The fraction of sp³-hybridized carbons (Fsp3) is 0.696. The molecule has 0 spiro atoms. The largest absolute Gasteiger partial charge is 0.377 e. The molecular formula is C23H29FO2. The summed E-state index contributed by atoms with van der Waals surface area (Å²) in [5, 5.41) is 11.3. The van der Waals surface area contributed by atoms with Gasteiger partial charge in [-0.1, -0.05) is 25.3 Å². The molecule has 3 saturated carbocycles. The average molecular weight is 356 g/mol. The maximum atomic E-state index is 14.1. The molecule has 4 aliphatic carbocycles. The molecule has 0 saturated heterocycles. The third-order valence-corrected chi connectivity index (χ3v) is 8.10. The number of rotatable bonds is 0. The molecule has 3 heteroatoms. The second kappa shape index (κ2) is 6.06. The van der Waals surface area contributed by atoms with E-state index in [0.29, 0.717) is 42.9 Å². The first-order valence-electron chi connectivity index (χ1n) is 10.0. The first-order valence-corrected chi connectivity index (χ1v) is 10.0. The highest BCUT2D eigenvalue weighted by atomic mass is 19.1. The van der Waals surface area contributed by atoms with Crippen molar-refractivity contribution in [3.63, 3.8) is 0 Å². The quantitative estimate of drug-likeness (QED) is 0.645. The number of carbonyl (C=O) groups excluding carboxylic acids is 1. The van der Waals surface area contributed by atoms with Gasteiger partial charge in [0.2, 0.25) is 0 Å². The number of ketones is 1. The first-order chi connectivity index (χ1) is 12.3. The van der Waals surface area contributed by atoms with E-state index in [0.717, 1.165) is 31.2 Å². The minimum Gasteiger partial charge on any atom is -0.377 e. The van der Waals surface area contributed by atoms with Gasteiger partial charge in [-0.15, -0.1) is 5.92 Å². The van der Waals surface area contributed by atoms with Gasteiger partial charge in [0.05, 0.1) is 6.33 Å². The summed E-state index contributed by atoms with van der Waals surface area (Å²) in [5.74, 6) is 7.80. The van der Waals surface area contributed by atoms with Crippen molar-refractivity contribution in [1.82, 2.24) is 0 Å². The van der Waals surface area contributed by atoms with Gasteiger partial charge in [0, 0.05) is 11.8 Å². The predicted molar refractivity (Wildman–Crippen MR) is 99.6 cm³/mol. The van der Waals surface area contributed by atoms with Crippen LogP contribution in [0.4, 0.5) is 4.39 Å². The summed E-state index contributed by atoms with van der Waals surface area (Å²) in [7, 11) is 0. The number of fused-ring (bicyclic) bond motifs is 5. The molecule has 140 valence electrons. The van der Waals surface area contributed by atoms with Crippen LogP contribution in [0.15, 0.2) is 23.6 Å². The molecule has 7 atom stereocenters. The Morgan fingerprint density at radius 3 is 2.85 bits per heavy atom. The third kappa shape index (κ3) is 2.31. The zero-order chi connectivity index (χ0) is 18.7. The van der Waals surface area contributed by atoms with Crippen molar-refractivity contribution in [2.45, 2.75) is 64.9 Å². The lowest BCUT2D eigenvalue weighted by molar-refractivity contribution is -0.116. The molecule has 2 nitrogen and oxygen atoms in total. The molecule has 0 aliphatic heterocycles. The van der Waals surface area contributed by atoms with Gasteiger partial charge in [0.15, 0.2) is 5.78 Å². The molecule has 0 amide bonds. The Hall–Kier alpha value is -1.40. The fourth-order valence-corrected chi connectivity index (χ4v) is 7.01. The molecule has 0 aromatic carbocycles. The van der Waals surface area contributed by atoms with E-state index in [1.54, 1.807) is 6.92 Å². The summed E-state index contributed by atoms with van der Waals surface area (Å²) >= 11 is 0. The summed E-state index contributed by atoms with van der Waals surface area (Å²) in [5.41, 5.74) is 0.655. The maximum Gasteiger partial charge on any atom is 0.155 e. The minimum absolute atomic E-state index is 0.179. The second-order valence-corrected chi connectivity index (χ2v) is 9.27. The standard InChI is InChI=1S/C23H29FO2/c1-4-8-23(26)9-7-19-20-14(2)10-15-11-17(25)5-6-18(15)21(20)16(13-24)12-22(19,23)3/h11,13-14,18-21,26H,5-7,9-10,12H2,1-3H3/b16-13+/t14-,18+,19+,20+,21-,22+,23+/m1/s1. The number of hydrogen-bond acceptors (Lipinski definition) is 2. The van der Waals surface area contributed by atoms with Gasteiger partial charge in [-0.05, 0) is 80.3 Å². The fourth-order valence-electron chi connectivity index (χ4n) is 7.01. The molecule has 1 N–H and O–H groups in total. The summed E-state index contributed by atoms with van der Waals surface area (Å²) in [6, 6.07) is 0. The normalized spacial score (nSPS) is 48.8. The van der Waals surface area contributed by atoms with Crippen molar-refractivity contribution in [3.8, 4) is 11.8 Å². The van der Waals surface area contributed by atoms with Crippen molar-refractivity contribution in [1.29, 1.82) is 0 Å². The van der Waals surface area contributed by atoms with Crippen LogP contribution in [0.25, 0.3) is 0 Å². The summed E-state index contributed by atoms with van der Waals surface area (Å²) in [4.78, 5) is 11.9. The topological polar surface area (TPSA) is 37.3 Å². The van der Waals surface area contributed by atoms with E-state index in [9.17, 15) is 14.3 Å². The predicted octanol–water partition coefficient (Wildman–Crippen LogP) is 4.59. The van der Waals surface area contributed by atoms with Crippen LogP contribution in [0.5, 0.6) is 0 Å². The highest BCUT2D eigenvalue weighted by Gasteiger charge is 2.64. The first kappa shape index (κ1) is 18.0. The molecule has 0 bridgehead atoms. The Labute approximate surface area is 155 Å². The van der Waals surface area contributed by atoms with E-state index in [2.05, 4.69) is 25.7 Å². The van der Waals surface area contributed by atoms with Crippen LogP contribution in [0.2, 0.25) is 0 Å². The van der Waals surface area contributed by atoms with Gasteiger partial charge in [-0.25, -0.2) is 4.39 Å². The van der Waals surface area contributed by atoms with Crippen LogP contribution >= 0.6 is 0 Å². The van der Waals surface area contributed by atoms with E-state index in [1.165, 1.54) is 5.57 Å². The van der Waals surface area contributed by atoms with Crippen LogP contribution in [0.3, 0.4) is 0 Å². The summed E-state index contributed by atoms with van der Waals surface area (Å²) in [6.07, 6.45) is 7.22. The molecule has 26 heavy (non-hydrogen) atoms. The van der Waals surface area contributed by atoms with Gasteiger partial charge < -0.3 is 5.11 Å². The van der Waals surface area contributed by atoms with Crippen LogP contribution in [0, 0.1) is 46.8 Å². The molecule has 4 aliphatic rings. The van der Waals surface area contributed by atoms with Crippen molar-refractivity contribution in [3.05, 3.63) is 23.6 Å². The number of halogens is 1.